The highest BCUT2D eigenvalue weighted by Gasteiger charge is 2.22. The summed E-state index contributed by atoms with van der Waals surface area (Å²) in [6.07, 6.45) is 2.10. The first-order chi connectivity index (χ1) is 9.13. The fraction of sp³-hybridized carbons (Fsp3) is 0.571. The van der Waals surface area contributed by atoms with E-state index in [-0.39, 0.29) is 0 Å². The van der Waals surface area contributed by atoms with E-state index in [1.54, 1.807) is 7.11 Å². The van der Waals surface area contributed by atoms with Crippen molar-refractivity contribution in [1.29, 1.82) is 0 Å². The Morgan fingerprint density at radius 3 is 2.11 bits per heavy atom. The van der Waals surface area contributed by atoms with Crippen LogP contribution in [0.15, 0.2) is 24.3 Å². The lowest BCUT2D eigenvalue weighted by atomic mass is 10.1. The molecule has 1 aromatic rings. The third kappa shape index (κ3) is 5.77. The highest BCUT2D eigenvalue weighted by molar-refractivity contribution is 7.53. The van der Waals surface area contributed by atoms with E-state index in [1.807, 2.05) is 38.1 Å². The summed E-state index contributed by atoms with van der Waals surface area (Å²) in [5.74, 6) is 0.845. The molecule has 0 aromatic heterocycles. The molecule has 1 aromatic carbocycles. The maximum absolute atomic E-state index is 12.2. The van der Waals surface area contributed by atoms with Crippen LogP contribution in [0, 0.1) is 0 Å². The van der Waals surface area contributed by atoms with Gasteiger partial charge in [-0.3, -0.25) is 4.57 Å². The van der Waals surface area contributed by atoms with E-state index in [0.29, 0.717) is 19.4 Å². The number of hydrogen-bond donors (Lipinski definition) is 0. The molecule has 0 aliphatic heterocycles. The first kappa shape index (κ1) is 16.2. The summed E-state index contributed by atoms with van der Waals surface area (Å²) in [4.78, 5) is 0. The average molecular weight is 286 g/mol. The second-order valence-corrected chi connectivity index (χ2v) is 6.31. The van der Waals surface area contributed by atoms with Crippen LogP contribution in [0.3, 0.4) is 0 Å². The summed E-state index contributed by atoms with van der Waals surface area (Å²) in [5.41, 5.74) is 1.19. The highest BCUT2D eigenvalue weighted by Crippen LogP contribution is 2.48. The van der Waals surface area contributed by atoms with Crippen molar-refractivity contribution in [3.63, 3.8) is 0 Å². The molecule has 0 N–H and O–H groups in total. The minimum Gasteiger partial charge on any atom is -0.497 e. The molecule has 0 amide bonds. The highest BCUT2D eigenvalue weighted by atomic mass is 31.2. The van der Waals surface area contributed by atoms with E-state index >= 15 is 0 Å². The molecular formula is C14H23O4P. The Labute approximate surface area is 115 Å². The van der Waals surface area contributed by atoms with Crippen LogP contribution in [-0.2, 0) is 20.0 Å². The molecule has 1 rings (SSSR count). The van der Waals surface area contributed by atoms with Crippen LogP contribution in [0.25, 0.3) is 0 Å². The van der Waals surface area contributed by atoms with Crippen LogP contribution < -0.4 is 4.74 Å². The fourth-order valence-electron chi connectivity index (χ4n) is 1.83. The summed E-state index contributed by atoms with van der Waals surface area (Å²) in [5, 5.41) is 0. The molecule has 0 unspecified atom stereocenters. The lowest BCUT2D eigenvalue weighted by molar-refractivity contribution is 0.220. The third-order valence-corrected chi connectivity index (χ3v) is 4.88. The van der Waals surface area contributed by atoms with E-state index < -0.39 is 7.60 Å². The maximum atomic E-state index is 12.2. The molecule has 4 nitrogen and oxygen atoms in total. The van der Waals surface area contributed by atoms with Gasteiger partial charge in [0.2, 0.25) is 0 Å². The van der Waals surface area contributed by atoms with Crippen molar-refractivity contribution in [2.75, 3.05) is 26.5 Å². The van der Waals surface area contributed by atoms with Gasteiger partial charge in [-0.2, -0.15) is 0 Å². The SMILES string of the molecule is CCOP(=O)(CCCc1ccc(OC)cc1)OCC. The van der Waals surface area contributed by atoms with Crippen molar-refractivity contribution in [3.8, 4) is 5.75 Å². The third-order valence-electron chi connectivity index (χ3n) is 2.71. The minimum atomic E-state index is -2.90. The monoisotopic (exact) mass is 286 g/mol. The summed E-state index contributed by atoms with van der Waals surface area (Å²) in [6, 6.07) is 7.90. The van der Waals surface area contributed by atoms with Gasteiger partial charge in [0.15, 0.2) is 0 Å². The standard InChI is InChI=1S/C14H23O4P/c1-4-17-19(15,18-5-2)12-6-7-13-8-10-14(16-3)11-9-13/h8-11H,4-7,12H2,1-3H3. The fourth-order valence-corrected chi connectivity index (χ4v) is 3.49. The van der Waals surface area contributed by atoms with Gasteiger partial charge in [0, 0.05) is 0 Å². The molecule has 0 atom stereocenters. The second-order valence-electron chi connectivity index (χ2n) is 4.12. The summed E-state index contributed by atoms with van der Waals surface area (Å²) < 4.78 is 27.9. The lowest BCUT2D eigenvalue weighted by Gasteiger charge is -2.16. The Hall–Kier alpha value is -0.830. The topological polar surface area (TPSA) is 44.8 Å². The zero-order valence-corrected chi connectivity index (χ0v) is 12.8. The molecule has 0 aliphatic carbocycles. The van der Waals surface area contributed by atoms with E-state index in [4.69, 9.17) is 13.8 Å². The quantitative estimate of drug-likeness (QED) is 0.646. The predicted octanol–water partition coefficient (Wildman–Crippen LogP) is 3.89. The Kier molecular flexibility index (Phi) is 7.14. The van der Waals surface area contributed by atoms with Crippen LogP contribution in [0.2, 0.25) is 0 Å². The molecule has 0 heterocycles. The van der Waals surface area contributed by atoms with Crippen molar-refractivity contribution in [1.82, 2.24) is 0 Å². The van der Waals surface area contributed by atoms with Crippen molar-refractivity contribution in [2.24, 2.45) is 0 Å². The minimum absolute atomic E-state index is 0.416. The largest absolute Gasteiger partial charge is 0.497 e. The number of methoxy groups -OCH3 is 1. The van der Waals surface area contributed by atoms with E-state index in [2.05, 4.69) is 0 Å². The smallest absolute Gasteiger partial charge is 0.330 e. The van der Waals surface area contributed by atoms with Gasteiger partial charge in [-0.25, -0.2) is 0 Å². The van der Waals surface area contributed by atoms with Crippen LogP contribution in [-0.4, -0.2) is 26.5 Å². The zero-order valence-electron chi connectivity index (χ0n) is 11.9. The molecule has 0 bridgehead atoms. The van der Waals surface area contributed by atoms with Crippen molar-refractivity contribution in [2.45, 2.75) is 26.7 Å². The Balaban J connectivity index is 2.44. The number of aryl methyl sites for hydroxylation is 1. The van der Waals surface area contributed by atoms with Gasteiger partial charge in [-0.1, -0.05) is 12.1 Å². The summed E-state index contributed by atoms with van der Waals surface area (Å²) in [7, 11) is -1.25. The van der Waals surface area contributed by atoms with Crippen molar-refractivity contribution < 1.29 is 18.3 Å². The molecule has 0 aliphatic rings. The van der Waals surface area contributed by atoms with E-state index in [0.717, 1.165) is 18.6 Å². The molecular weight excluding hydrogens is 263 g/mol. The van der Waals surface area contributed by atoms with Crippen molar-refractivity contribution in [3.05, 3.63) is 29.8 Å². The first-order valence-electron chi connectivity index (χ1n) is 6.64. The normalized spacial score (nSPS) is 11.5. The van der Waals surface area contributed by atoms with E-state index in [9.17, 15) is 4.57 Å². The summed E-state index contributed by atoms with van der Waals surface area (Å²) >= 11 is 0. The van der Waals surface area contributed by atoms with Gasteiger partial charge in [0.1, 0.15) is 5.75 Å². The number of hydrogen-bond acceptors (Lipinski definition) is 4. The molecule has 5 heteroatoms. The Morgan fingerprint density at radius 2 is 1.63 bits per heavy atom. The molecule has 0 fully saturated rings. The van der Waals surface area contributed by atoms with Gasteiger partial charge in [0.25, 0.3) is 0 Å². The van der Waals surface area contributed by atoms with Crippen LogP contribution >= 0.6 is 7.60 Å². The lowest BCUT2D eigenvalue weighted by Crippen LogP contribution is -2.01. The molecule has 19 heavy (non-hydrogen) atoms. The van der Waals surface area contributed by atoms with Crippen LogP contribution in [0.5, 0.6) is 5.75 Å². The summed E-state index contributed by atoms with van der Waals surface area (Å²) in [6.45, 7) is 4.49. The molecule has 108 valence electrons. The van der Waals surface area contributed by atoms with E-state index in [1.165, 1.54) is 5.56 Å². The van der Waals surface area contributed by atoms with Gasteiger partial charge in [-0.15, -0.1) is 0 Å². The van der Waals surface area contributed by atoms with Gasteiger partial charge in [-0.05, 0) is 44.4 Å². The van der Waals surface area contributed by atoms with Gasteiger partial charge < -0.3 is 13.8 Å². The van der Waals surface area contributed by atoms with Crippen LogP contribution in [0.1, 0.15) is 25.8 Å². The van der Waals surface area contributed by atoms with Crippen molar-refractivity contribution >= 4 is 7.60 Å². The number of ether oxygens (including phenoxy) is 1. The molecule has 0 saturated heterocycles. The number of rotatable bonds is 9. The second kappa shape index (κ2) is 8.36. The van der Waals surface area contributed by atoms with Crippen LogP contribution in [0.4, 0.5) is 0 Å². The molecule has 0 radical (unpaired) electrons. The number of benzene rings is 1. The molecule has 0 spiro atoms. The zero-order chi connectivity index (χ0) is 14.1. The average Bonchev–Trinajstić information content (AvgIpc) is 2.40. The Bertz CT molecular complexity index is 392. The molecule has 0 saturated carbocycles. The van der Waals surface area contributed by atoms with Gasteiger partial charge in [0.05, 0.1) is 26.5 Å². The van der Waals surface area contributed by atoms with Gasteiger partial charge >= 0.3 is 7.60 Å². The first-order valence-corrected chi connectivity index (χ1v) is 8.37. The predicted molar refractivity (Wildman–Crippen MR) is 77.0 cm³/mol. The Morgan fingerprint density at radius 1 is 1.05 bits per heavy atom. The maximum Gasteiger partial charge on any atom is 0.330 e.